The van der Waals surface area contributed by atoms with Crippen molar-refractivity contribution in [2.75, 3.05) is 12.4 Å². The van der Waals surface area contributed by atoms with Gasteiger partial charge in [-0.1, -0.05) is 41.4 Å². The highest BCUT2D eigenvalue weighted by Gasteiger charge is 2.13. The van der Waals surface area contributed by atoms with Crippen LogP contribution < -0.4 is 4.74 Å². The van der Waals surface area contributed by atoms with E-state index in [1.807, 2.05) is 36.4 Å². The highest BCUT2D eigenvalue weighted by atomic mass is 35.5. The van der Waals surface area contributed by atoms with E-state index in [0.29, 0.717) is 6.61 Å². The summed E-state index contributed by atoms with van der Waals surface area (Å²) in [6.45, 7) is 2.69. The van der Waals surface area contributed by atoms with Gasteiger partial charge in [0.25, 0.3) is 0 Å². The molecule has 0 fully saturated rings. The Morgan fingerprint density at radius 3 is 2.59 bits per heavy atom. The second kappa shape index (κ2) is 8.30. The SMILES string of the molecule is Cc1ccc(OCCSc2ncnc3scc(-c4ccc(Cl)cc4)c23)cc1. The molecule has 0 aliphatic heterocycles. The molecule has 0 saturated carbocycles. The fraction of sp³-hybridized carbons (Fsp3) is 0.143. The Kier molecular flexibility index (Phi) is 5.62. The first-order chi connectivity index (χ1) is 13.2. The predicted molar refractivity (Wildman–Crippen MR) is 115 cm³/mol. The minimum Gasteiger partial charge on any atom is -0.493 e. The standard InChI is InChI=1S/C21H17ClN2OS2/c1-14-2-8-17(9-3-14)25-10-11-26-20-19-18(12-27-21(19)24-13-23-20)15-4-6-16(22)7-5-15/h2-9,12-13H,10-11H2,1H3. The first-order valence-electron chi connectivity index (χ1n) is 8.51. The Morgan fingerprint density at radius 2 is 1.81 bits per heavy atom. The number of nitrogens with zero attached hydrogens (tertiary/aromatic N) is 2. The quantitative estimate of drug-likeness (QED) is 0.206. The second-order valence-electron chi connectivity index (χ2n) is 6.03. The Balaban J connectivity index is 1.50. The zero-order valence-electron chi connectivity index (χ0n) is 14.7. The molecule has 3 nitrogen and oxygen atoms in total. The summed E-state index contributed by atoms with van der Waals surface area (Å²) in [4.78, 5) is 9.94. The molecule has 0 aliphatic carbocycles. The molecule has 0 bridgehead atoms. The van der Waals surface area contributed by atoms with Crippen LogP contribution in [0.15, 0.2) is 65.3 Å². The van der Waals surface area contributed by atoms with Gasteiger partial charge in [0.2, 0.25) is 0 Å². The van der Waals surface area contributed by atoms with E-state index in [4.69, 9.17) is 16.3 Å². The van der Waals surface area contributed by atoms with Crippen molar-refractivity contribution in [2.24, 2.45) is 0 Å². The number of ether oxygens (including phenoxy) is 1. The molecule has 0 atom stereocenters. The molecule has 2 aromatic heterocycles. The minimum absolute atomic E-state index is 0.625. The van der Waals surface area contributed by atoms with Gasteiger partial charge in [0, 0.05) is 21.7 Å². The van der Waals surface area contributed by atoms with Crippen LogP contribution in [0.2, 0.25) is 5.02 Å². The number of aromatic nitrogens is 2. The van der Waals surface area contributed by atoms with Crippen molar-refractivity contribution in [3.8, 4) is 16.9 Å². The molecule has 4 aromatic rings. The maximum atomic E-state index is 6.03. The highest BCUT2D eigenvalue weighted by Crippen LogP contribution is 2.38. The van der Waals surface area contributed by atoms with Gasteiger partial charge in [0.15, 0.2) is 0 Å². The Morgan fingerprint density at radius 1 is 1.04 bits per heavy atom. The maximum absolute atomic E-state index is 6.03. The molecule has 0 N–H and O–H groups in total. The molecule has 0 spiro atoms. The average molecular weight is 413 g/mol. The number of thioether (sulfide) groups is 1. The number of rotatable bonds is 6. The fourth-order valence-corrected chi connectivity index (χ4v) is 4.67. The zero-order valence-corrected chi connectivity index (χ0v) is 17.1. The van der Waals surface area contributed by atoms with Crippen LogP contribution in [0.3, 0.4) is 0 Å². The second-order valence-corrected chi connectivity index (χ2v) is 8.40. The number of hydrogen-bond donors (Lipinski definition) is 0. The number of benzene rings is 2. The number of hydrogen-bond acceptors (Lipinski definition) is 5. The lowest BCUT2D eigenvalue weighted by molar-refractivity contribution is 0.344. The fourth-order valence-electron chi connectivity index (χ4n) is 2.73. The van der Waals surface area contributed by atoms with Crippen molar-refractivity contribution >= 4 is 44.9 Å². The van der Waals surface area contributed by atoms with E-state index < -0.39 is 0 Å². The first kappa shape index (κ1) is 18.3. The van der Waals surface area contributed by atoms with E-state index >= 15 is 0 Å². The van der Waals surface area contributed by atoms with E-state index in [9.17, 15) is 0 Å². The molecule has 0 unspecified atom stereocenters. The van der Waals surface area contributed by atoms with Crippen molar-refractivity contribution < 1.29 is 4.74 Å². The van der Waals surface area contributed by atoms with Gasteiger partial charge >= 0.3 is 0 Å². The third-order valence-corrected chi connectivity index (χ3v) is 6.19. The Hall–Kier alpha value is -2.08. The van der Waals surface area contributed by atoms with Crippen LogP contribution in [0.1, 0.15) is 5.56 Å². The lowest BCUT2D eigenvalue weighted by Crippen LogP contribution is -2.00. The largest absolute Gasteiger partial charge is 0.493 e. The lowest BCUT2D eigenvalue weighted by atomic mass is 10.1. The molecule has 6 heteroatoms. The summed E-state index contributed by atoms with van der Waals surface area (Å²) < 4.78 is 5.83. The van der Waals surface area contributed by atoms with Crippen molar-refractivity contribution in [3.05, 3.63) is 70.8 Å². The average Bonchev–Trinajstić information content (AvgIpc) is 3.12. The van der Waals surface area contributed by atoms with E-state index in [1.165, 1.54) is 5.56 Å². The normalized spacial score (nSPS) is 11.0. The molecule has 0 saturated heterocycles. The maximum Gasteiger partial charge on any atom is 0.128 e. The van der Waals surface area contributed by atoms with Crippen molar-refractivity contribution in [2.45, 2.75) is 11.9 Å². The summed E-state index contributed by atoms with van der Waals surface area (Å²) >= 11 is 9.36. The number of fused-ring (bicyclic) bond motifs is 1. The molecular weight excluding hydrogens is 396 g/mol. The molecule has 2 heterocycles. The third kappa shape index (κ3) is 4.26. The summed E-state index contributed by atoms with van der Waals surface area (Å²) in [5, 5.41) is 4.95. The van der Waals surface area contributed by atoms with Gasteiger partial charge in [0.1, 0.15) is 21.9 Å². The van der Waals surface area contributed by atoms with E-state index in [0.717, 1.165) is 42.9 Å². The molecule has 27 heavy (non-hydrogen) atoms. The first-order valence-corrected chi connectivity index (χ1v) is 10.8. The zero-order chi connectivity index (χ0) is 18.6. The highest BCUT2D eigenvalue weighted by molar-refractivity contribution is 7.99. The van der Waals surface area contributed by atoms with Crippen molar-refractivity contribution in [3.63, 3.8) is 0 Å². The van der Waals surface area contributed by atoms with Crippen LogP contribution in [0, 0.1) is 6.92 Å². The molecule has 2 aromatic carbocycles. The van der Waals surface area contributed by atoms with E-state index in [2.05, 4.69) is 34.4 Å². The third-order valence-electron chi connectivity index (χ3n) is 4.10. The van der Waals surface area contributed by atoms with Crippen LogP contribution in [-0.4, -0.2) is 22.3 Å². The number of thiophene rings is 1. The van der Waals surface area contributed by atoms with Gasteiger partial charge in [-0.25, -0.2) is 9.97 Å². The van der Waals surface area contributed by atoms with Gasteiger partial charge < -0.3 is 4.74 Å². The van der Waals surface area contributed by atoms with Crippen LogP contribution in [0.4, 0.5) is 0 Å². The monoisotopic (exact) mass is 412 g/mol. The summed E-state index contributed by atoms with van der Waals surface area (Å²) in [7, 11) is 0. The van der Waals surface area contributed by atoms with Gasteiger partial charge in [-0.15, -0.1) is 23.1 Å². The molecular formula is C21H17ClN2OS2. The molecule has 0 amide bonds. The smallest absolute Gasteiger partial charge is 0.128 e. The van der Waals surface area contributed by atoms with Gasteiger partial charge in [-0.3, -0.25) is 0 Å². The summed E-state index contributed by atoms with van der Waals surface area (Å²) in [6, 6.07) is 16.0. The number of halogens is 1. The van der Waals surface area contributed by atoms with Gasteiger partial charge in [-0.2, -0.15) is 0 Å². The lowest BCUT2D eigenvalue weighted by Gasteiger charge is -2.07. The van der Waals surface area contributed by atoms with Gasteiger partial charge in [-0.05, 0) is 36.8 Å². The van der Waals surface area contributed by atoms with Crippen LogP contribution in [-0.2, 0) is 0 Å². The van der Waals surface area contributed by atoms with Crippen molar-refractivity contribution in [1.82, 2.24) is 9.97 Å². The summed E-state index contributed by atoms with van der Waals surface area (Å²) in [5.41, 5.74) is 3.50. The summed E-state index contributed by atoms with van der Waals surface area (Å²) in [5.74, 6) is 1.71. The van der Waals surface area contributed by atoms with Gasteiger partial charge in [0.05, 0.1) is 12.0 Å². The van der Waals surface area contributed by atoms with E-state index in [1.54, 1.807) is 29.4 Å². The Labute approximate surface area is 171 Å². The molecule has 0 aliphatic rings. The predicted octanol–water partition coefficient (Wildman–Crippen LogP) is 6.49. The topological polar surface area (TPSA) is 35.0 Å². The minimum atomic E-state index is 0.625. The van der Waals surface area contributed by atoms with Crippen LogP contribution in [0.5, 0.6) is 5.75 Å². The van der Waals surface area contributed by atoms with Crippen LogP contribution >= 0.6 is 34.7 Å². The summed E-state index contributed by atoms with van der Waals surface area (Å²) in [6.07, 6.45) is 1.63. The van der Waals surface area contributed by atoms with E-state index in [-0.39, 0.29) is 0 Å². The molecule has 136 valence electrons. The van der Waals surface area contributed by atoms with Crippen molar-refractivity contribution in [1.29, 1.82) is 0 Å². The molecule has 4 rings (SSSR count). The molecule has 0 radical (unpaired) electrons. The van der Waals surface area contributed by atoms with Crippen LogP contribution in [0.25, 0.3) is 21.3 Å². The number of aryl methyl sites for hydroxylation is 1. The Bertz CT molecular complexity index is 1050.